The van der Waals surface area contributed by atoms with E-state index >= 15 is 0 Å². The Morgan fingerprint density at radius 2 is 1.57 bits per heavy atom. The number of thiazole rings is 1. The second kappa shape index (κ2) is 8.41. The highest BCUT2D eigenvalue weighted by Gasteiger charge is 2.11. The van der Waals surface area contributed by atoms with E-state index in [0.717, 1.165) is 23.5 Å². The lowest BCUT2D eigenvalue weighted by atomic mass is 10.0. The quantitative estimate of drug-likeness (QED) is 0.384. The summed E-state index contributed by atoms with van der Waals surface area (Å²) < 4.78 is 2.36. The average Bonchev–Trinajstić information content (AvgIpc) is 3.10. The molecular weight excluding hydrogens is 360 g/mol. The minimum Gasteiger partial charge on any atom is -0.316 e. The smallest absolute Gasteiger partial charge is 0.190 e. The minimum absolute atomic E-state index is 0.905. The van der Waals surface area contributed by atoms with Crippen molar-refractivity contribution >= 4 is 17.0 Å². The van der Waals surface area contributed by atoms with Gasteiger partial charge in [-0.1, -0.05) is 72.3 Å². The van der Waals surface area contributed by atoms with E-state index in [9.17, 15) is 0 Å². The van der Waals surface area contributed by atoms with Crippen molar-refractivity contribution in [3.05, 3.63) is 106 Å². The molecule has 4 rings (SSSR count). The van der Waals surface area contributed by atoms with Gasteiger partial charge in [-0.05, 0) is 43.5 Å². The normalized spacial score (nSPS) is 11.7. The largest absolute Gasteiger partial charge is 0.316 e. The molecular formula is C25H24N2S. The van der Waals surface area contributed by atoms with Crippen molar-refractivity contribution in [3.63, 3.8) is 0 Å². The molecule has 140 valence electrons. The third kappa shape index (κ3) is 4.15. The van der Waals surface area contributed by atoms with Crippen molar-refractivity contribution in [3.8, 4) is 11.3 Å². The molecule has 0 saturated heterocycles. The summed E-state index contributed by atoms with van der Waals surface area (Å²) in [5.41, 5.74) is 7.46. The van der Waals surface area contributed by atoms with Crippen molar-refractivity contribution in [2.75, 3.05) is 0 Å². The molecule has 3 aromatic carbocycles. The molecule has 2 nitrogen and oxygen atoms in total. The Kier molecular flexibility index (Phi) is 5.54. The SMILES string of the molecule is Cc1ccc(-c2csc(=Nc3ccccc3)n2CCc2ccccc2)c(C)c1. The molecule has 1 aromatic heterocycles. The molecule has 4 aromatic rings. The van der Waals surface area contributed by atoms with Crippen molar-refractivity contribution in [1.82, 2.24) is 4.57 Å². The average molecular weight is 385 g/mol. The summed E-state index contributed by atoms with van der Waals surface area (Å²) in [5.74, 6) is 0. The van der Waals surface area contributed by atoms with Crippen LogP contribution < -0.4 is 4.80 Å². The van der Waals surface area contributed by atoms with Gasteiger partial charge in [-0.25, -0.2) is 4.99 Å². The second-order valence-electron chi connectivity index (χ2n) is 7.06. The summed E-state index contributed by atoms with van der Waals surface area (Å²) in [5, 5.41) is 2.24. The fourth-order valence-electron chi connectivity index (χ4n) is 3.45. The number of hydrogen-bond donors (Lipinski definition) is 0. The monoisotopic (exact) mass is 384 g/mol. The lowest BCUT2D eigenvalue weighted by Crippen LogP contribution is -2.17. The fourth-order valence-corrected chi connectivity index (χ4v) is 4.40. The van der Waals surface area contributed by atoms with Crippen molar-refractivity contribution in [1.29, 1.82) is 0 Å². The number of aryl methyl sites for hydroxylation is 3. The highest BCUT2D eigenvalue weighted by Crippen LogP contribution is 2.25. The molecule has 0 unspecified atom stereocenters. The van der Waals surface area contributed by atoms with Crippen LogP contribution in [0.5, 0.6) is 0 Å². The van der Waals surface area contributed by atoms with Crippen LogP contribution in [0.2, 0.25) is 0 Å². The molecule has 0 aliphatic rings. The van der Waals surface area contributed by atoms with E-state index in [2.05, 4.69) is 84.5 Å². The first-order chi connectivity index (χ1) is 13.7. The van der Waals surface area contributed by atoms with Crippen LogP contribution in [0.25, 0.3) is 11.3 Å². The van der Waals surface area contributed by atoms with Gasteiger partial charge in [-0.2, -0.15) is 0 Å². The molecule has 0 bridgehead atoms. The first kappa shape index (κ1) is 18.5. The van der Waals surface area contributed by atoms with Gasteiger partial charge < -0.3 is 4.57 Å². The Morgan fingerprint density at radius 3 is 2.29 bits per heavy atom. The zero-order chi connectivity index (χ0) is 19.3. The van der Waals surface area contributed by atoms with Crippen LogP contribution in [0.4, 0.5) is 5.69 Å². The zero-order valence-electron chi connectivity index (χ0n) is 16.3. The summed E-state index contributed by atoms with van der Waals surface area (Å²) in [6.07, 6.45) is 0.984. The molecule has 0 amide bonds. The first-order valence-electron chi connectivity index (χ1n) is 9.60. The van der Waals surface area contributed by atoms with E-state index in [1.807, 2.05) is 18.2 Å². The number of rotatable bonds is 5. The van der Waals surface area contributed by atoms with Crippen LogP contribution in [-0.4, -0.2) is 4.57 Å². The van der Waals surface area contributed by atoms with Gasteiger partial charge >= 0.3 is 0 Å². The van der Waals surface area contributed by atoms with Crippen molar-refractivity contribution in [2.45, 2.75) is 26.8 Å². The zero-order valence-corrected chi connectivity index (χ0v) is 17.1. The molecule has 0 atom stereocenters. The molecule has 0 fully saturated rings. The number of para-hydroxylation sites is 1. The fraction of sp³-hybridized carbons (Fsp3) is 0.160. The van der Waals surface area contributed by atoms with Gasteiger partial charge in [0.1, 0.15) is 0 Å². The van der Waals surface area contributed by atoms with Crippen molar-refractivity contribution < 1.29 is 0 Å². The van der Waals surface area contributed by atoms with E-state index in [4.69, 9.17) is 4.99 Å². The predicted octanol–water partition coefficient (Wildman–Crippen LogP) is 6.31. The lowest BCUT2D eigenvalue weighted by molar-refractivity contribution is 0.683. The number of aromatic nitrogens is 1. The van der Waals surface area contributed by atoms with E-state index in [1.54, 1.807) is 11.3 Å². The second-order valence-corrected chi connectivity index (χ2v) is 7.89. The van der Waals surface area contributed by atoms with Crippen LogP contribution in [0.3, 0.4) is 0 Å². The minimum atomic E-state index is 0.905. The summed E-state index contributed by atoms with van der Waals surface area (Å²) in [7, 11) is 0. The highest BCUT2D eigenvalue weighted by atomic mass is 32.1. The molecule has 0 aliphatic heterocycles. The van der Waals surface area contributed by atoms with Crippen LogP contribution >= 0.6 is 11.3 Å². The molecule has 0 aliphatic carbocycles. The number of hydrogen-bond acceptors (Lipinski definition) is 2. The van der Waals surface area contributed by atoms with Gasteiger partial charge in [0.25, 0.3) is 0 Å². The Balaban J connectivity index is 1.79. The Labute approximate surface area is 170 Å². The maximum atomic E-state index is 4.93. The van der Waals surface area contributed by atoms with Crippen LogP contribution in [0.15, 0.2) is 89.2 Å². The summed E-state index contributed by atoms with van der Waals surface area (Å²) in [4.78, 5) is 5.97. The van der Waals surface area contributed by atoms with Gasteiger partial charge in [0.05, 0.1) is 11.4 Å². The molecule has 28 heavy (non-hydrogen) atoms. The third-order valence-electron chi connectivity index (χ3n) is 4.90. The molecule has 0 N–H and O–H groups in total. The van der Waals surface area contributed by atoms with Gasteiger partial charge in [-0.15, -0.1) is 11.3 Å². The van der Waals surface area contributed by atoms with E-state index in [0.29, 0.717) is 0 Å². The molecule has 0 spiro atoms. The Hall–Kier alpha value is -2.91. The van der Waals surface area contributed by atoms with E-state index < -0.39 is 0 Å². The Bertz CT molecular complexity index is 1120. The predicted molar refractivity (Wildman–Crippen MR) is 119 cm³/mol. The molecule has 0 saturated carbocycles. The topological polar surface area (TPSA) is 17.3 Å². The maximum Gasteiger partial charge on any atom is 0.190 e. The van der Waals surface area contributed by atoms with Crippen molar-refractivity contribution in [2.24, 2.45) is 4.99 Å². The van der Waals surface area contributed by atoms with Crippen LogP contribution in [0, 0.1) is 13.8 Å². The number of benzene rings is 3. The first-order valence-corrected chi connectivity index (χ1v) is 10.5. The summed E-state index contributed by atoms with van der Waals surface area (Å²) >= 11 is 1.71. The van der Waals surface area contributed by atoms with Gasteiger partial charge in [-0.3, -0.25) is 0 Å². The maximum absolute atomic E-state index is 4.93. The lowest BCUT2D eigenvalue weighted by Gasteiger charge is -2.12. The van der Waals surface area contributed by atoms with Crippen LogP contribution in [0.1, 0.15) is 16.7 Å². The molecule has 1 heterocycles. The van der Waals surface area contributed by atoms with Crippen LogP contribution in [-0.2, 0) is 13.0 Å². The standard InChI is InChI=1S/C25H24N2S/c1-19-13-14-23(20(2)17-19)24-18-28-25(26-22-11-7-4-8-12-22)27(24)16-15-21-9-5-3-6-10-21/h3-14,17-18H,15-16H2,1-2H3. The van der Waals surface area contributed by atoms with E-state index in [-0.39, 0.29) is 0 Å². The van der Waals surface area contributed by atoms with Gasteiger partial charge in [0.2, 0.25) is 0 Å². The summed E-state index contributed by atoms with van der Waals surface area (Å²) in [6.45, 7) is 5.24. The molecule has 3 heteroatoms. The highest BCUT2D eigenvalue weighted by molar-refractivity contribution is 7.07. The van der Waals surface area contributed by atoms with E-state index in [1.165, 1.54) is 27.9 Å². The third-order valence-corrected chi connectivity index (χ3v) is 5.77. The summed E-state index contributed by atoms with van der Waals surface area (Å²) in [6, 6.07) is 27.5. The Morgan fingerprint density at radius 1 is 0.857 bits per heavy atom. The van der Waals surface area contributed by atoms with Gasteiger partial charge in [0, 0.05) is 17.5 Å². The molecule has 0 radical (unpaired) electrons. The van der Waals surface area contributed by atoms with Gasteiger partial charge in [0.15, 0.2) is 4.80 Å². The number of nitrogens with zero attached hydrogens (tertiary/aromatic N) is 2.